The van der Waals surface area contributed by atoms with Gasteiger partial charge in [-0.15, -0.1) is 0 Å². The zero-order chi connectivity index (χ0) is 68.1. The predicted octanol–water partition coefficient (Wildman–Crippen LogP) is 20.0. The van der Waals surface area contributed by atoms with Crippen molar-refractivity contribution in [1.82, 2.24) is 0 Å². The first-order chi connectivity index (χ1) is 45.2. The zero-order valence-corrected chi connectivity index (χ0v) is 59.4. The van der Waals surface area contributed by atoms with E-state index in [1.165, 1.54) is 64.2 Å². The number of hydrogen-bond acceptors (Lipinski definition) is 14. The maximum absolute atomic E-state index is 12.9. The Labute approximate surface area is 563 Å². The van der Waals surface area contributed by atoms with Gasteiger partial charge in [-0.25, -0.2) is 9.13 Å². The van der Waals surface area contributed by atoms with Crippen molar-refractivity contribution in [3.63, 3.8) is 0 Å². The summed E-state index contributed by atoms with van der Waals surface area (Å²) in [5, 5.41) is 20.6. The molecule has 0 aliphatic carbocycles. The van der Waals surface area contributed by atoms with Crippen molar-refractivity contribution in [2.24, 2.45) is 0 Å². The highest BCUT2D eigenvalue weighted by Crippen LogP contribution is 2.45. The van der Waals surface area contributed by atoms with Crippen molar-refractivity contribution in [3.8, 4) is 0 Å². The van der Waals surface area contributed by atoms with Gasteiger partial charge in [0, 0.05) is 19.3 Å². The van der Waals surface area contributed by atoms with Gasteiger partial charge in [0.15, 0.2) is 6.10 Å². The van der Waals surface area contributed by atoms with Gasteiger partial charge >= 0.3 is 33.6 Å². The molecule has 4 N–H and O–H groups in total. The number of carbonyl (C=O) groups excluding carboxylic acids is 3. The fourth-order valence-electron chi connectivity index (χ4n) is 9.01. The van der Waals surface area contributed by atoms with Gasteiger partial charge in [0.1, 0.15) is 25.4 Å². The van der Waals surface area contributed by atoms with Gasteiger partial charge in [-0.05, 0) is 116 Å². The zero-order valence-electron chi connectivity index (χ0n) is 57.6. The van der Waals surface area contributed by atoms with Crippen LogP contribution in [0.15, 0.2) is 134 Å². The lowest BCUT2D eigenvalue weighted by molar-refractivity contribution is -0.161. The third kappa shape index (κ3) is 68.9. The van der Waals surface area contributed by atoms with E-state index in [4.69, 9.17) is 32.3 Å². The van der Waals surface area contributed by atoms with Crippen molar-refractivity contribution in [2.45, 2.75) is 283 Å². The van der Waals surface area contributed by atoms with E-state index < -0.39 is 91.5 Å². The molecule has 5 unspecified atom stereocenters. The van der Waals surface area contributed by atoms with Crippen LogP contribution in [0.2, 0.25) is 0 Å². The summed E-state index contributed by atoms with van der Waals surface area (Å²) in [6, 6.07) is 0. The first-order valence-electron chi connectivity index (χ1n) is 35.5. The van der Waals surface area contributed by atoms with Gasteiger partial charge in [0.2, 0.25) is 0 Å². The fraction of sp³-hybridized carbons (Fsp3) is 0.667. The molecule has 0 amide bonds. The quantitative estimate of drug-likeness (QED) is 0.0146. The molecule has 16 nitrogen and oxygen atoms in total. The molecule has 93 heavy (non-hydrogen) atoms. The minimum absolute atomic E-state index is 0.0937. The van der Waals surface area contributed by atoms with E-state index in [-0.39, 0.29) is 19.3 Å². The molecule has 5 atom stereocenters. The first-order valence-corrected chi connectivity index (χ1v) is 38.5. The van der Waals surface area contributed by atoms with Crippen LogP contribution in [0.3, 0.4) is 0 Å². The Morgan fingerprint density at radius 1 is 0.312 bits per heavy atom. The minimum Gasteiger partial charge on any atom is -0.463 e. The molecule has 0 heterocycles. The number of phosphoric ester groups is 2. The number of phosphoric acid groups is 2. The molecule has 532 valence electrons. The Hall–Kier alpha value is -4.31. The largest absolute Gasteiger partial charge is 0.472 e. The normalized spacial score (nSPS) is 15.0. The molecular weight excluding hydrogens is 1220 g/mol. The second kappa shape index (κ2) is 67.7. The number of unbranched alkanes of at least 4 members (excludes halogenated alkanes) is 21. The van der Waals surface area contributed by atoms with Gasteiger partial charge in [0.05, 0.1) is 26.4 Å². The lowest BCUT2D eigenvalue weighted by Gasteiger charge is -2.21. The Morgan fingerprint density at radius 3 is 0.925 bits per heavy atom. The third-order valence-corrected chi connectivity index (χ3v) is 16.3. The summed E-state index contributed by atoms with van der Waals surface area (Å²) >= 11 is 0. The topological polar surface area (TPSA) is 231 Å². The molecule has 0 aromatic heterocycles. The van der Waals surface area contributed by atoms with Gasteiger partial charge in [-0.1, -0.05) is 264 Å². The summed E-state index contributed by atoms with van der Waals surface area (Å²) < 4.78 is 60.8. The highest BCUT2D eigenvalue weighted by molar-refractivity contribution is 7.47. The molecule has 18 heteroatoms. The van der Waals surface area contributed by atoms with E-state index in [9.17, 15) is 43.5 Å². The lowest BCUT2D eigenvalue weighted by atomic mass is 10.1. The summed E-state index contributed by atoms with van der Waals surface area (Å²) in [5.74, 6) is -1.63. The molecule has 0 rings (SSSR count). The van der Waals surface area contributed by atoms with Crippen LogP contribution in [-0.2, 0) is 55.8 Å². The van der Waals surface area contributed by atoms with Crippen LogP contribution in [0, 0.1) is 0 Å². The number of carbonyl (C=O) groups is 3. The lowest BCUT2D eigenvalue weighted by Crippen LogP contribution is -2.30. The van der Waals surface area contributed by atoms with Crippen LogP contribution in [-0.4, -0.2) is 95.9 Å². The number of aliphatic hydroxyl groups is 2. The van der Waals surface area contributed by atoms with E-state index in [0.29, 0.717) is 19.3 Å². The molecule has 0 bridgehead atoms. The van der Waals surface area contributed by atoms with Crippen molar-refractivity contribution in [2.75, 3.05) is 39.6 Å². The van der Waals surface area contributed by atoms with Crippen molar-refractivity contribution >= 4 is 33.6 Å². The summed E-state index contributed by atoms with van der Waals surface area (Å²) in [7, 11) is -9.79. The average Bonchev–Trinajstić information content (AvgIpc) is 2.38. The molecule has 0 fully saturated rings. The summed E-state index contributed by atoms with van der Waals surface area (Å²) in [6.45, 7) is 2.36. The van der Waals surface area contributed by atoms with Gasteiger partial charge in [-0.3, -0.25) is 32.5 Å². The Balaban J connectivity index is 4.58. The van der Waals surface area contributed by atoms with Crippen molar-refractivity contribution in [3.05, 3.63) is 134 Å². The minimum atomic E-state index is -4.93. The van der Waals surface area contributed by atoms with E-state index in [1.54, 1.807) is 0 Å². The van der Waals surface area contributed by atoms with Crippen LogP contribution in [0.25, 0.3) is 0 Å². The first kappa shape index (κ1) is 88.7. The standard InChI is InChI=1S/C75H126O16P2/c1-4-7-10-13-16-19-22-24-26-28-30-32-33-34-35-37-39-40-42-44-47-49-52-55-58-61-73(78)85-64-70(76)65-87-92(81,82)88-66-71(77)67-89-93(83,84)90-69-72(91-75(80)63-60-57-54-51-46-21-18-15-12-9-6-3)68-86-74(79)62-59-56-53-50-48-45-43-41-38-36-31-29-27-25-23-20-17-14-11-8-5-2/h7-8,10-11,16-17,19-20,24-27,30-32,34-36,41,43,48,50,70-72,76-77H,4-6,9,12-15,18,21-23,28-29,33,37-40,42,44-47,49,51-69H2,1-3H3,(H,81,82)(H,83,84)/b10-7-,11-8-,19-16-,20-17-,26-24-,27-25-,32-30-,35-34-,36-31-,43-41-,50-48-. The molecule has 0 radical (unpaired) electrons. The number of hydrogen-bond donors (Lipinski definition) is 4. The number of esters is 3. The SMILES string of the molecule is CC/C=C\C/C=C\C/C=C\C/C=C\C/C=C\C/C=C\CCCCC(=O)OCC(COP(=O)(O)OCC(O)COP(=O)(O)OCC(O)COC(=O)CCCCCCCCCCC/C=C\C/C=C\C/C=C\C/C=C\C/C=C\CC)OC(=O)CCCCCCCCCCCCC. The molecular formula is C75H126O16P2. The summed E-state index contributed by atoms with van der Waals surface area (Å²) in [5.41, 5.74) is 0. The second-order valence-corrected chi connectivity index (χ2v) is 26.2. The van der Waals surface area contributed by atoms with E-state index in [1.807, 2.05) is 0 Å². The number of rotatable bonds is 66. The monoisotopic (exact) mass is 1340 g/mol. The molecule has 0 aromatic rings. The Kier molecular flexibility index (Phi) is 64.5. The third-order valence-electron chi connectivity index (χ3n) is 14.4. The van der Waals surface area contributed by atoms with E-state index >= 15 is 0 Å². The van der Waals surface area contributed by atoms with Crippen molar-refractivity contribution < 1.29 is 75.8 Å². The summed E-state index contributed by atoms with van der Waals surface area (Å²) in [6.07, 6.45) is 79.4. The molecule has 0 aliphatic rings. The average molecular weight is 1350 g/mol. The van der Waals surface area contributed by atoms with E-state index in [2.05, 4.69) is 154 Å². The maximum Gasteiger partial charge on any atom is 0.472 e. The molecule has 0 saturated heterocycles. The fourth-order valence-corrected chi connectivity index (χ4v) is 10.6. The van der Waals surface area contributed by atoms with Gasteiger partial charge < -0.3 is 34.2 Å². The Morgan fingerprint density at radius 2 is 0.570 bits per heavy atom. The van der Waals surface area contributed by atoms with Gasteiger partial charge in [0.25, 0.3) is 0 Å². The van der Waals surface area contributed by atoms with Crippen LogP contribution >= 0.6 is 15.6 Å². The van der Waals surface area contributed by atoms with Crippen LogP contribution in [0.1, 0.15) is 265 Å². The smallest absolute Gasteiger partial charge is 0.463 e. The highest BCUT2D eigenvalue weighted by Gasteiger charge is 2.29. The Bertz CT molecular complexity index is 2230. The second-order valence-electron chi connectivity index (χ2n) is 23.3. The van der Waals surface area contributed by atoms with E-state index in [0.717, 1.165) is 141 Å². The number of allylic oxidation sites excluding steroid dienone is 22. The number of aliphatic hydroxyl groups excluding tert-OH is 2. The summed E-state index contributed by atoms with van der Waals surface area (Å²) in [4.78, 5) is 58.4. The molecule has 0 saturated carbocycles. The van der Waals surface area contributed by atoms with Crippen LogP contribution in [0.5, 0.6) is 0 Å². The number of ether oxygens (including phenoxy) is 3. The van der Waals surface area contributed by atoms with Gasteiger partial charge in [-0.2, -0.15) is 0 Å². The molecule has 0 spiro atoms. The molecule has 0 aliphatic heterocycles. The van der Waals surface area contributed by atoms with Crippen molar-refractivity contribution in [1.29, 1.82) is 0 Å². The maximum atomic E-state index is 12.9. The predicted molar refractivity (Wildman–Crippen MR) is 380 cm³/mol. The highest BCUT2D eigenvalue weighted by atomic mass is 31.2. The van der Waals surface area contributed by atoms with Crippen LogP contribution in [0.4, 0.5) is 0 Å². The molecule has 0 aromatic carbocycles. The van der Waals surface area contributed by atoms with Crippen LogP contribution < -0.4 is 0 Å².